The minimum absolute atomic E-state index is 0.446. The number of aromatic nitrogens is 3. The average Bonchev–Trinajstić information content (AvgIpc) is 3.02. The van der Waals surface area contributed by atoms with Gasteiger partial charge in [-0.1, -0.05) is 17.4 Å². The molecule has 0 aliphatic carbocycles. The van der Waals surface area contributed by atoms with Crippen LogP contribution in [0.3, 0.4) is 0 Å². The third-order valence-electron chi connectivity index (χ3n) is 3.76. The number of aryl methyl sites for hydroxylation is 1. The van der Waals surface area contributed by atoms with Gasteiger partial charge in [-0.05, 0) is 71.5 Å². The van der Waals surface area contributed by atoms with Crippen LogP contribution in [0.1, 0.15) is 5.56 Å². The summed E-state index contributed by atoms with van der Waals surface area (Å²) in [6, 6.07) is 14.2. The molecule has 0 saturated heterocycles. The van der Waals surface area contributed by atoms with Crippen molar-refractivity contribution in [1.82, 2.24) is 15.0 Å². The predicted octanol–water partition coefficient (Wildman–Crippen LogP) is 5.07. The van der Waals surface area contributed by atoms with Crippen molar-refractivity contribution in [2.75, 3.05) is 16.4 Å². The molecule has 0 bridgehead atoms. The van der Waals surface area contributed by atoms with Crippen LogP contribution in [-0.4, -0.2) is 15.0 Å². The minimum Gasteiger partial charge on any atom is -0.393 e. The Balaban J connectivity index is 1.61. The summed E-state index contributed by atoms with van der Waals surface area (Å²) in [5.41, 5.74) is 9.77. The summed E-state index contributed by atoms with van der Waals surface area (Å²) in [7, 11) is 0. The van der Waals surface area contributed by atoms with Crippen LogP contribution in [0.25, 0.3) is 10.2 Å². The molecule has 130 valence electrons. The van der Waals surface area contributed by atoms with Crippen molar-refractivity contribution in [3.63, 3.8) is 0 Å². The molecule has 2 aromatic heterocycles. The SMILES string of the molecule is Cc1ccc2nc(Nc3ncnc(Nc4ccc(I)cc4)c3N)sc2c1. The van der Waals surface area contributed by atoms with Crippen molar-refractivity contribution in [3.05, 3.63) is 57.9 Å². The highest BCUT2D eigenvalue weighted by atomic mass is 127. The highest BCUT2D eigenvalue weighted by molar-refractivity contribution is 14.1. The summed E-state index contributed by atoms with van der Waals surface area (Å²) in [4.78, 5) is 13.1. The molecule has 8 heteroatoms. The zero-order valence-electron chi connectivity index (χ0n) is 13.8. The topological polar surface area (TPSA) is 88.8 Å². The zero-order valence-corrected chi connectivity index (χ0v) is 16.8. The van der Waals surface area contributed by atoms with E-state index in [4.69, 9.17) is 5.73 Å². The van der Waals surface area contributed by atoms with Crippen LogP contribution in [-0.2, 0) is 0 Å². The molecule has 2 heterocycles. The number of hydrogen-bond acceptors (Lipinski definition) is 7. The number of nitrogens with zero attached hydrogens (tertiary/aromatic N) is 3. The van der Waals surface area contributed by atoms with Crippen LogP contribution < -0.4 is 16.4 Å². The lowest BCUT2D eigenvalue weighted by atomic mass is 10.2. The largest absolute Gasteiger partial charge is 0.393 e. The Morgan fingerprint density at radius 2 is 1.73 bits per heavy atom. The first-order chi connectivity index (χ1) is 12.6. The number of hydrogen-bond donors (Lipinski definition) is 3. The maximum atomic E-state index is 6.25. The molecule has 26 heavy (non-hydrogen) atoms. The van der Waals surface area contributed by atoms with Crippen molar-refractivity contribution < 1.29 is 0 Å². The van der Waals surface area contributed by atoms with E-state index in [2.05, 4.69) is 61.2 Å². The van der Waals surface area contributed by atoms with Crippen molar-refractivity contribution in [3.8, 4) is 0 Å². The predicted molar refractivity (Wildman–Crippen MR) is 117 cm³/mol. The molecule has 0 spiro atoms. The summed E-state index contributed by atoms with van der Waals surface area (Å²) in [6.45, 7) is 2.07. The number of nitrogens with one attached hydrogen (secondary N) is 2. The Bertz CT molecular complexity index is 1080. The molecular formula is C18H15IN6S. The molecule has 0 atom stereocenters. The van der Waals surface area contributed by atoms with Gasteiger partial charge in [0.25, 0.3) is 0 Å². The summed E-state index contributed by atoms with van der Waals surface area (Å²) in [5, 5.41) is 7.18. The lowest BCUT2D eigenvalue weighted by Gasteiger charge is -2.11. The summed E-state index contributed by atoms with van der Waals surface area (Å²) < 4.78 is 2.29. The van der Waals surface area contributed by atoms with Gasteiger partial charge in [-0.25, -0.2) is 15.0 Å². The number of fused-ring (bicyclic) bond motifs is 1. The number of thiazole rings is 1. The quantitative estimate of drug-likeness (QED) is 0.358. The van der Waals surface area contributed by atoms with E-state index in [9.17, 15) is 0 Å². The molecular weight excluding hydrogens is 459 g/mol. The second-order valence-corrected chi connectivity index (χ2v) is 8.01. The van der Waals surface area contributed by atoms with Crippen LogP contribution in [0, 0.1) is 10.5 Å². The molecule has 0 amide bonds. The number of nitrogens with two attached hydrogens (primary N) is 1. The van der Waals surface area contributed by atoms with Crippen molar-refractivity contribution in [2.45, 2.75) is 6.92 Å². The van der Waals surface area contributed by atoms with Gasteiger partial charge in [0.2, 0.25) is 0 Å². The Hall–Kier alpha value is -2.46. The van der Waals surface area contributed by atoms with E-state index in [0.29, 0.717) is 17.3 Å². The van der Waals surface area contributed by atoms with Gasteiger partial charge in [-0.3, -0.25) is 0 Å². The first kappa shape index (κ1) is 17.0. The highest BCUT2D eigenvalue weighted by Gasteiger charge is 2.11. The zero-order chi connectivity index (χ0) is 18.1. The molecule has 0 aliphatic heterocycles. The van der Waals surface area contributed by atoms with E-state index in [-0.39, 0.29) is 0 Å². The fourth-order valence-electron chi connectivity index (χ4n) is 2.45. The lowest BCUT2D eigenvalue weighted by Crippen LogP contribution is -2.05. The van der Waals surface area contributed by atoms with Crippen LogP contribution in [0.2, 0.25) is 0 Å². The second-order valence-electron chi connectivity index (χ2n) is 5.73. The normalized spacial score (nSPS) is 10.8. The van der Waals surface area contributed by atoms with Crippen molar-refractivity contribution >= 4 is 72.3 Å². The van der Waals surface area contributed by atoms with Crippen molar-refractivity contribution in [1.29, 1.82) is 0 Å². The molecule has 4 N–H and O–H groups in total. The van der Waals surface area contributed by atoms with Gasteiger partial charge in [0.15, 0.2) is 16.8 Å². The maximum absolute atomic E-state index is 6.25. The molecule has 0 fully saturated rings. The second kappa shape index (κ2) is 7.04. The van der Waals surface area contributed by atoms with Crippen molar-refractivity contribution in [2.24, 2.45) is 0 Å². The molecule has 4 aromatic rings. The summed E-state index contributed by atoms with van der Waals surface area (Å²) in [6.07, 6.45) is 1.48. The van der Waals surface area contributed by atoms with E-state index in [1.807, 2.05) is 36.4 Å². The fourth-order valence-corrected chi connectivity index (χ4v) is 3.77. The Morgan fingerprint density at radius 3 is 2.50 bits per heavy atom. The van der Waals surface area contributed by atoms with Crippen LogP contribution >= 0.6 is 33.9 Å². The highest BCUT2D eigenvalue weighted by Crippen LogP contribution is 2.32. The van der Waals surface area contributed by atoms with E-state index < -0.39 is 0 Å². The van der Waals surface area contributed by atoms with Gasteiger partial charge in [-0.2, -0.15) is 0 Å². The van der Waals surface area contributed by atoms with Gasteiger partial charge in [0, 0.05) is 9.26 Å². The number of anilines is 5. The van der Waals surface area contributed by atoms with E-state index in [1.165, 1.54) is 11.9 Å². The van der Waals surface area contributed by atoms with Crippen LogP contribution in [0.5, 0.6) is 0 Å². The number of nitrogen functional groups attached to an aromatic ring is 1. The van der Waals surface area contributed by atoms with Gasteiger partial charge in [0.05, 0.1) is 10.2 Å². The first-order valence-electron chi connectivity index (χ1n) is 7.86. The Labute approximate surface area is 168 Å². The number of benzene rings is 2. The maximum Gasteiger partial charge on any atom is 0.189 e. The third kappa shape index (κ3) is 3.56. The molecule has 0 radical (unpaired) electrons. The Kier molecular flexibility index (Phi) is 4.60. The minimum atomic E-state index is 0.446. The Morgan fingerprint density at radius 1 is 1.00 bits per heavy atom. The standard InChI is InChI=1S/C18H15IN6S/c1-10-2-7-13-14(8-10)26-18(24-13)25-17-15(20)16(21-9-22-17)23-12-5-3-11(19)4-6-12/h2-9H,20H2,1H3,(H2,21,22,23,24,25). The van der Waals surface area contributed by atoms with E-state index in [1.54, 1.807) is 11.3 Å². The fraction of sp³-hybridized carbons (Fsp3) is 0.0556. The molecule has 6 nitrogen and oxygen atoms in total. The molecule has 0 aliphatic rings. The van der Waals surface area contributed by atoms with E-state index in [0.717, 1.165) is 24.6 Å². The smallest absolute Gasteiger partial charge is 0.189 e. The van der Waals surface area contributed by atoms with Crippen LogP contribution in [0.4, 0.5) is 28.1 Å². The third-order valence-corrected chi connectivity index (χ3v) is 5.41. The monoisotopic (exact) mass is 474 g/mol. The first-order valence-corrected chi connectivity index (χ1v) is 9.75. The number of rotatable bonds is 4. The van der Waals surface area contributed by atoms with Gasteiger partial charge in [-0.15, -0.1) is 0 Å². The average molecular weight is 474 g/mol. The molecule has 0 saturated carbocycles. The molecule has 0 unspecified atom stereocenters. The number of halogens is 1. The van der Waals surface area contributed by atoms with Gasteiger partial charge >= 0.3 is 0 Å². The molecule has 2 aromatic carbocycles. The molecule has 4 rings (SSSR count). The lowest BCUT2D eigenvalue weighted by molar-refractivity contribution is 1.17. The van der Waals surface area contributed by atoms with Gasteiger partial charge < -0.3 is 16.4 Å². The summed E-state index contributed by atoms with van der Waals surface area (Å²) >= 11 is 3.83. The van der Waals surface area contributed by atoms with Crippen LogP contribution in [0.15, 0.2) is 48.8 Å². The van der Waals surface area contributed by atoms with Gasteiger partial charge in [0.1, 0.15) is 12.0 Å². The summed E-state index contributed by atoms with van der Waals surface area (Å²) in [5.74, 6) is 1.09. The van der Waals surface area contributed by atoms with E-state index >= 15 is 0 Å².